The van der Waals surface area contributed by atoms with E-state index in [1.54, 1.807) is 70.6 Å². The molecule has 10 aliphatic rings. The molecule has 0 aromatic heterocycles. The van der Waals surface area contributed by atoms with Crippen molar-refractivity contribution in [2.24, 2.45) is 0 Å². The monoisotopic (exact) mass is 1950 g/mol. The van der Waals surface area contributed by atoms with Gasteiger partial charge in [0.2, 0.25) is 0 Å². The van der Waals surface area contributed by atoms with Gasteiger partial charge in [0, 0.05) is 33.2 Å². The van der Waals surface area contributed by atoms with Gasteiger partial charge in [0.25, 0.3) is 0 Å². The minimum Gasteiger partial charge on any atom is -0.465 e. The molecule has 0 unspecified atom stereocenters. The Labute approximate surface area is 714 Å². The number of rotatable bonds is 30. The van der Waals surface area contributed by atoms with Crippen LogP contribution < -0.4 is 0 Å². The van der Waals surface area contributed by atoms with E-state index >= 15 is 0 Å². The molecule has 96 heavy (non-hydrogen) atoms. The molecule has 0 N–H and O–H groups in total. The summed E-state index contributed by atoms with van der Waals surface area (Å²) in [5, 5.41) is 1.85. The Morgan fingerprint density at radius 2 is 0.354 bits per heavy atom. The first-order valence-corrected chi connectivity index (χ1v) is 60.0. The van der Waals surface area contributed by atoms with Crippen LogP contribution in [0.2, 0.25) is 0 Å². The first-order valence-electron chi connectivity index (χ1n) is 26.0. The Bertz CT molecular complexity index is 3370. The first kappa shape index (κ1) is 85.0. The smallest absolute Gasteiger partial charge is 0.346 e. The number of carbonyl (C=O) groups is 4. The van der Waals surface area contributed by atoms with E-state index in [1.165, 1.54) is 169 Å². The van der Waals surface area contributed by atoms with Crippen LogP contribution in [0, 0.1) is 0 Å². The van der Waals surface area contributed by atoms with Gasteiger partial charge in [0.1, 0.15) is 19.6 Å². The van der Waals surface area contributed by atoms with Crippen LogP contribution in [0.1, 0.15) is 0 Å². The van der Waals surface area contributed by atoms with Crippen molar-refractivity contribution >= 4 is 447 Å². The third kappa shape index (κ3) is 22.1. The first-order chi connectivity index (χ1) is 46.6. The molecule has 0 aromatic carbocycles. The summed E-state index contributed by atoms with van der Waals surface area (Å²) in [5.41, 5.74) is 0. The van der Waals surface area contributed by atoms with Gasteiger partial charge in [0.05, 0.1) is 139 Å². The fraction of sp³-hybridized carbons (Fsp3) is 0.346. The summed E-state index contributed by atoms with van der Waals surface area (Å²) < 4.78 is 54.0. The Balaban J connectivity index is 0.848. The van der Waals surface area contributed by atoms with Crippen molar-refractivity contribution in [3.63, 3.8) is 0 Å². The highest BCUT2D eigenvalue weighted by molar-refractivity contribution is 8.50. The number of hydrogen-bond acceptors (Lipinski definition) is 44. The zero-order valence-electron chi connectivity index (χ0n) is 51.2. The second-order valence-corrected chi connectivity index (χ2v) is 59.4. The highest BCUT2D eigenvalue weighted by Gasteiger charge is 2.40. The van der Waals surface area contributed by atoms with Crippen molar-refractivity contribution in [2.45, 2.75) is 0 Å². The highest BCUT2D eigenvalue weighted by Crippen LogP contribution is 2.72. The summed E-state index contributed by atoms with van der Waals surface area (Å²) in [5.74, 6) is 1.45. The van der Waals surface area contributed by atoms with E-state index in [4.69, 9.17) is 18.9 Å². The van der Waals surface area contributed by atoms with Gasteiger partial charge < -0.3 is 18.9 Å². The van der Waals surface area contributed by atoms with Crippen LogP contribution in [0.25, 0.3) is 0 Å². The number of ether oxygens (including phenoxy) is 4. The predicted molar refractivity (Wildman–Crippen MR) is 503 cm³/mol. The lowest BCUT2D eigenvalue weighted by atomic mass is 10.5. The van der Waals surface area contributed by atoms with Crippen LogP contribution in [0.5, 0.6) is 0 Å². The molecule has 0 saturated carbocycles. The number of thioether (sulfide) groups is 36. The molecule has 0 radical (unpaired) electrons. The van der Waals surface area contributed by atoms with Gasteiger partial charge in [-0.3, -0.25) is 0 Å². The van der Waals surface area contributed by atoms with Gasteiger partial charge in [-0.25, -0.2) is 19.2 Å². The molecule has 0 amide bonds. The van der Waals surface area contributed by atoms with Crippen molar-refractivity contribution in [3.05, 3.63) is 130 Å². The minimum atomic E-state index is -0.541. The Morgan fingerprint density at radius 1 is 0.219 bits per heavy atom. The van der Waals surface area contributed by atoms with Gasteiger partial charge in [0.15, 0.2) is 0 Å². The summed E-state index contributed by atoms with van der Waals surface area (Å²) in [7, 11) is 5.32. The molecule has 10 rings (SSSR count). The average molecular weight is 1960 g/mol. The van der Waals surface area contributed by atoms with Gasteiger partial charge in [-0.2, -0.15) is 0 Å². The largest absolute Gasteiger partial charge is 0.465 e. The second kappa shape index (κ2) is 43.0. The van der Waals surface area contributed by atoms with E-state index < -0.39 is 23.9 Å². The standard InChI is InChI=1S/C52H48O8S36/c1-57-23(53)19-20(24(54)58-2)78-43(77-19)45-85-31(65-9)35(89-45)69-13-15-71-39-40(72-16-14-70-36-32(66-10)86-46(90-36)44-79-21(25(55)59-3)22(80-44)26(56)60-4)94-51(93-39)52-95-41(75-17-73-37-33(67-11)87-49(91-37)47-81-27(61-5)28(62-6)82-47)42(96-52)76-18-74-38-34(68-12)88-50(92-38)48-83-29(63-7)30(64-8)84-48/h13-18H2,1-12H3. The van der Waals surface area contributed by atoms with Crippen molar-refractivity contribution in [1.29, 1.82) is 0 Å². The zero-order valence-corrected chi connectivity index (χ0v) is 80.6. The molecule has 44 heteroatoms. The third-order valence-corrected chi connectivity index (χ3v) is 62.6. The van der Waals surface area contributed by atoms with Gasteiger partial charge in [-0.05, 0) is 50.0 Å². The van der Waals surface area contributed by atoms with Gasteiger partial charge in [-0.1, -0.05) is 235 Å². The Morgan fingerprint density at radius 3 is 0.531 bits per heavy atom. The van der Waals surface area contributed by atoms with Crippen LogP contribution >= 0.6 is 423 Å². The van der Waals surface area contributed by atoms with E-state index in [0.29, 0.717) is 0 Å². The van der Waals surface area contributed by atoms with Crippen molar-refractivity contribution < 1.29 is 38.1 Å². The lowest BCUT2D eigenvalue weighted by Gasteiger charge is -2.07. The molecular weight excluding hydrogens is 1910 g/mol. The van der Waals surface area contributed by atoms with Crippen LogP contribution in [0.15, 0.2) is 130 Å². The van der Waals surface area contributed by atoms with E-state index in [-0.39, 0.29) is 19.6 Å². The Hall–Kier alpha value is 6.58. The zero-order chi connectivity index (χ0) is 68.2. The molecule has 0 aromatic rings. The minimum absolute atomic E-state index is 0.265. The molecule has 0 spiro atoms. The van der Waals surface area contributed by atoms with Crippen LogP contribution in [-0.2, 0) is 38.1 Å². The van der Waals surface area contributed by atoms with Gasteiger partial charge >= 0.3 is 23.9 Å². The fourth-order valence-electron chi connectivity index (χ4n) is 7.04. The lowest BCUT2D eigenvalue weighted by molar-refractivity contribution is -0.138. The second-order valence-electron chi connectivity index (χ2n) is 16.6. The number of hydrogen-bond donors (Lipinski definition) is 0. The van der Waals surface area contributed by atoms with Crippen LogP contribution in [-0.4, -0.2) is 136 Å². The van der Waals surface area contributed by atoms with Crippen molar-refractivity contribution in [1.82, 2.24) is 0 Å². The third-order valence-electron chi connectivity index (χ3n) is 11.2. The quantitative estimate of drug-likeness (QED) is 0.0294. The van der Waals surface area contributed by atoms with Crippen molar-refractivity contribution in [3.8, 4) is 0 Å². The molecule has 0 atom stereocenters. The summed E-state index contributed by atoms with van der Waals surface area (Å²) in [4.78, 5) is 52.1. The molecule has 0 fully saturated rings. The van der Waals surface area contributed by atoms with E-state index in [2.05, 4.69) is 50.0 Å². The molecule has 0 bridgehead atoms. The van der Waals surface area contributed by atoms with E-state index in [9.17, 15) is 19.2 Å². The average Bonchev–Trinajstić information content (AvgIpc) is 1.72. The maximum absolute atomic E-state index is 12.8. The maximum Gasteiger partial charge on any atom is 0.346 e. The number of methoxy groups -OCH3 is 4. The summed E-state index contributed by atoms with van der Waals surface area (Å²) in [6.45, 7) is 0. The summed E-state index contributed by atoms with van der Waals surface area (Å²) in [6, 6.07) is 0. The predicted octanol–water partition coefficient (Wildman–Crippen LogP) is 28.2. The SMILES string of the molecule is COC(=O)C1=C(C(=O)OC)SC(=C2SC(SC)=C(SCCSC3=C(SCCSC4=C(SC)SC(=C5SC(C(=O)OC)=C(C(=O)OC)S5)S4)SC(=C4SC(SCSC5=C(SC)SC(=C6SC(SC)=C(SC)S6)S5)=C(SCSC5=C(SC)SC(=C6SC(SC)=C(SC)S6)S5)S4)S3)S2)S1. The summed E-state index contributed by atoms with van der Waals surface area (Å²) in [6.07, 6.45) is 17.4. The van der Waals surface area contributed by atoms with Crippen molar-refractivity contribution in [2.75, 3.05) is 112 Å². The van der Waals surface area contributed by atoms with Crippen LogP contribution in [0.3, 0.4) is 0 Å². The van der Waals surface area contributed by atoms with E-state index in [0.717, 1.165) is 50.1 Å². The molecular formula is C52H48O8S36. The lowest BCUT2D eigenvalue weighted by Crippen LogP contribution is -2.08. The van der Waals surface area contributed by atoms with Gasteiger partial charge in [-0.15, -0.1) is 188 Å². The molecule has 10 heterocycles. The Kier molecular flexibility index (Phi) is 38.1. The normalized spacial score (nSPS) is 20.5. The number of esters is 4. The fourth-order valence-corrected chi connectivity index (χ4v) is 58.2. The number of carbonyl (C=O) groups excluding carboxylic acids is 4. The summed E-state index contributed by atoms with van der Waals surface area (Å²) >= 11 is 65.5. The molecule has 520 valence electrons. The highest BCUT2D eigenvalue weighted by atomic mass is 32.3. The molecule has 0 saturated heterocycles. The molecule has 0 aliphatic carbocycles. The molecule has 8 nitrogen and oxygen atoms in total. The van der Waals surface area contributed by atoms with E-state index in [1.807, 2.05) is 306 Å². The maximum atomic E-state index is 12.8. The topological polar surface area (TPSA) is 105 Å². The van der Waals surface area contributed by atoms with Crippen LogP contribution in [0.4, 0.5) is 0 Å². The molecule has 10 aliphatic heterocycles.